The van der Waals surface area contributed by atoms with E-state index in [1.165, 1.54) is 0 Å². The number of carbonyl (C=O) groups is 1. The molecule has 0 radical (unpaired) electrons. The number of hydrogen-bond acceptors (Lipinski definition) is 2. The topological polar surface area (TPSA) is 29.1 Å². The minimum atomic E-state index is -0.119. The van der Waals surface area contributed by atoms with Crippen LogP contribution in [0.15, 0.2) is 39.7 Å². The summed E-state index contributed by atoms with van der Waals surface area (Å²) in [7, 11) is 0. The fraction of sp³-hybridized carbons (Fsp3) is 0.188. The van der Waals surface area contributed by atoms with Gasteiger partial charge in [-0.2, -0.15) is 0 Å². The second-order valence-electron chi connectivity index (χ2n) is 4.89. The van der Waals surface area contributed by atoms with Gasteiger partial charge in [-0.1, -0.05) is 12.1 Å². The predicted octanol–water partition coefficient (Wildman–Crippen LogP) is 4.92. The van der Waals surface area contributed by atoms with Crippen molar-refractivity contribution in [2.45, 2.75) is 25.7 Å². The van der Waals surface area contributed by atoms with Gasteiger partial charge in [0.2, 0.25) is 0 Å². The molecule has 0 aliphatic rings. The van der Waals surface area contributed by atoms with Gasteiger partial charge in [-0.25, -0.2) is 0 Å². The Balaban J connectivity index is 2.35. The van der Waals surface area contributed by atoms with Crippen LogP contribution in [0, 0.1) is 20.8 Å². The van der Waals surface area contributed by atoms with E-state index in [1.54, 1.807) is 6.07 Å². The molecule has 0 aliphatic carbocycles. The normalized spacial score (nSPS) is 10.4. The molecule has 0 fully saturated rings. The van der Waals surface area contributed by atoms with Crippen molar-refractivity contribution in [3.63, 3.8) is 0 Å². The number of anilines is 1. The predicted molar refractivity (Wildman–Crippen MR) is 90.0 cm³/mol. The zero-order chi connectivity index (χ0) is 14.9. The monoisotopic (exact) mass is 349 g/mol. The summed E-state index contributed by atoms with van der Waals surface area (Å²) in [6.07, 6.45) is 0. The van der Waals surface area contributed by atoms with E-state index >= 15 is 0 Å². The van der Waals surface area contributed by atoms with Gasteiger partial charge in [0.1, 0.15) is 0 Å². The van der Waals surface area contributed by atoms with Gasteiger partial charge in [-0.05, 0) is 71.6 Å². The minimum Gasteiger partial charge on any atom is -0.321 e. The molecule has 0 saturated carbocycles. The molecule has 0 atom stereocenters. The Hall–Kier alpha value is -1.26. The molecule has 0 heterocycles. The van der Waals surface area contributed by atoms with Crippen LogP contribution in [-0.2, 0) is 0 Å². The lowest BCUT2D eigenvalue weighted by molar-refractivity contribution is 0.102. The fourth-order valence-electron chi connectivity index (χ4n) is 2.11. The molecule has 2 aromatic carbocycles. The zero-order valence-corrected chi connectivity index (χ0v) is 14.1. The Bertz CT molecular complexity index is 659. The van der Waals surface area contributed by atoms with Crippen LogP contribution in [0.1, 0.15) is 27.0 Å². The third-order valence-electron chi connectivity index (χ3n) is 3.14. The maximum absolute atomic E-state index is 12.4. The van der Waals surface area contributed by atoms with Crippen molar-refractivity contribution in [2.75, 3.05) is 5.32 Å². The summed E-state index contributed by atoms with van der Waals surface area (Å²) in [5.74, 6) is -0.119. The molecule has 1 amide bonds. The molecule has 0 aromatic heterocycles. The lowest BCUT2D eigenvalue weighted by Gasteiger charge is -2.13. The number of carbonyl (C=O) groups excluding carboxylic acids is 1. The van der Waals surface area contributed by atoms with Crippen LogP contribution in [0.2, 0.25) is 0 Å². The third kappa shape index (κ3) is 3.25. The first kappa shape index (κ1) is 15.1. The largest absolute Gasteiger partial charge is 0.321 e. The van der Waals surface area contributed by atoms with Gasteiger partial charge in [0.05, 0.1) is 5.69 Å². The van der Waals surface area contributed by atoms with Crippen LogP contribution < -0.4 is 5.32 Å². The smallest absolute Gasteiger partial charge is 0.256 e. The van der Waals surface area contributed by atoms with Crippen molar-refractivity contribution in [3.8, 4) is 0 Å². The first-order valence-electron chi connectivity index (χ1n) is 6.26. The van der Waals surface area contributed by atoms with E-state index in [-0.39, 0.29) is 5.91 Å². The van der Waals surface area contributed by atoms with Crippen LogP contribution in [0.5, 0.6) is 0 Å². The third-order valence-corrected chi connectivity index (χ3v) is 4.04. The van der Waals surface area contributed by atoms with E-state index in [9.17, 15) is 4.79 Å². The second kappa shape index (κ2) is 6.02. The minimum absolute atomic E-state index is 0.119. The van der Waals surface area contributed by atoms with E-state index in [0.717, 1.165) is 31.7 Å². The summed E-state index contributed by atoms with van der Waals surface area (Å²) in [5.41, 5.74) is 4.57. The SMILES string of the molecule is Cc1cc(C)c(NC(=O)c2cc(S)ccc2C)c(Br)c1. The number of aryl methyl sites for hydroxylation is 3. The molecule has 2 rings (SSSR count). The Morgan fingerprint density at radius 3 is 2.45 bits per heavy atom. The van der Waals surface area contributed by atoms with E-state index in [0.29, 0.717) is 5.56 Å². The quantitative estimate of drug-likeness (QED) is 0.740. The highest BCUT2D eigenvalue weighted by Crippen LogP contribution is 2.28. The number of rotatable bonds is 2. The number of benzene rings is 2. The van der Waals surface area contributed by atoms with Crippen molar-refractivity contribution in [1.82, 2.24) is 0 Å². The molecule has 20 heavy (non-hydrogen) atoms. The fourth-order valence-corrected chi connectivity index (χ4v) is 3.09. The first-order valence-corrected chi connectivity index (χ1v) is 7.50. The molecule has 0 spiro atoms. The van der Waals surface area contributed by atoms with E-state index in [1.807, 2.05) is 45.0 Å². The van der Waals surface area contributed by atoms with Gasteiger partial charge >= 0.3 is 0 Å². The van der Waals surface area contributed by atoms with Gasteiger partial charge in [0, 0.05) is 14.9 Å². The number of amides is 1. The maximum Gasteiger partial charge on any atom is 0.256 e. The van der Waals surface area contributed by atoms with Crippen molar-refractivity contribution >= 4 is 40.2 Å². The highest BCUT2D eigenvalue weighted by molar-refractivity contribution is 9.10. The average molecular weight is 350 g/mol. The molecule has 4 heteroatoms. The van der Waals surface area contributed by atoms with Gasteiger partial charge in [0.15, 0.2) is 0 Å². The van der Waals surface area contributed by atoms with E-state index in [4.69, 9.17) is 0 Å². The Morgan fingerprint density at radius 1 is 1.10 bits per heavy atom. The molecule has 0 aliphatic heterocycles. The van der Waals surface area contributed by atoms with Gasteiger partial charge in [0.25, 0.3) is 5.91 Å². The molecule has 0 saturated heterocycles. The number of halogens is 1. The highest BCUT2D eigenvalue weighted by Gasteiger charge is 2.13. The molecule has 2 nitrogen and oxygen atoms in total. The Kier molecular flexibility index (Phi) is 4.55. The molecule has 2 aromatic rings. The molecular weight excluding hydrogens is 334 g/mol. The number of nitrogens with one attached hydrogen (secondary N) is 1. The van der Waals surface area contributed by atoms with Gasteiger partial charge < -0.3 is 5.32 Å². The van der Waals surface area contributed by atoms with E-state index in [2.05, 4.69) is 33.9 Å². The van der Waals surface area contributed by atoms with Crippen LogP contribution in [0.3, 0.4) is 0 Å². The summed E-state index contributed by atoms with van der Waals surface area (Å²) < 4.78 is 0.892. The van der Waals surface area contributed by atoms with Crippen LogP contribution in [0.4, 0.5) is 5.69 Å². The lowest BCUT2D eigenvalue weighted by atomic mass is 10.1. The molecule has 0 unspecified atom stereocenters. The summed E-state index contributed by atoms with van der Waals surface area (Å²) in [6, 6.07) is 9.59. The first-order chi connectivity index (χ1) is 9.38. The molecule has 0 bridgehead atoms. The van der Waals surface area contributed by atoms with Gasteiger partial charge in [-0.15, -0.1) is 12.6 Å². The Labute approximate surface area is 133 Å². The number of hydrogen-bond donors (Lipinski definition) is 2. The van der Waals surface area contributed by atoms with Gasteiger partial charge in [-0.3, -0.25) is 4.79 Å². The van der Waals surface area contributed by atoms with Crippen molar-refractivity contribution in [1.29, 1.82) is 0 Å². The second-order valence-corrected chi connectivity index (χ2v) is 6.26. The summed E-state index contributed by atoms with van der Waals surface area (Å²) in [6.45, 7) is 5.92. The average Bonchev–Trinajstić information content (AvgIpc) is 2.36. The molecular formula is C16H16BrNOS. The van der Waals surface area contributed by atoms with Crippen molar-refractivity contribution in [3.05, 3.63) is 57.1 Å². The summed E-state index contributed by atoms with van der Waals surface area (Å²) in [5, 5.41) is 2.97. The zero-order valence-electron chi connectivity index (χ0n) is 11.6. The highest BCUT2D eigenvalue weighted by atomic mass is 79.9. The maximum atomic E-state index is 12.4. The van der Waals surface area contributed by atoms with Crippen LogP contribution in [-0.4, -0.2) is 5.91 Å². The van der Waals surface area contributed by atoms with Crippen molar-refractivity contribution in [2.24, 2.45) is 0 Å². The summed E-state index contributed by atoms with van der Waals surface area (Å²) in [4.78, 5) is 13.2. The Morgan fingerprint density at radius 2 is 1.80 bits per heavy atom. The molecule has 104 valence electrons. The number of thiol groups is 1. The molecule has 1 N–H and O–H groups in total. The summed E-state index contributed by atoms with van der Waals surface area (Å²) >= 11 is 7.79. The van der Waals surface area contributed by atoms with Crippen molar-refractivity contribution < 1.29 is 4.79 Å². The van der Waals surface area contributed by atoms with Crippen LogP contribution >= 0.6 is 28.6 Å². The standard InChI is InChI=1S/C16H16BrNOS/c1-9-6-11(3)15(14(17)7-9)18-16(19)13-8-12(20)5-4-10(13)2/h4-8,20H,1-3H3,(H,18,19). The van der Waals surface area contributed by atoms with Crippen LogP contribution in [0.25, 0.3) is 0 Å². The lowest BCUT2D eigenvalue weighted by Crippen LogP contribution is -2.14. The van der Waals surface area contributed by atoms with E-state index < -0.39 is 0 Å².